The van der Waals surface area contributed by atoms with Gasteiger partial charge in [-0.3, -0.25) is 24.7 Å². The smallest absolute Gasteiger partial charge is 0.315 e. The van der Waals surface area contributed by atoms with E-state index in [0.717, 1.165) is 0 Å². The molecule has 154 valence electrons. The molecular formula is C20H21ClN2O6. The number of esters is 1. The van der Waals surface area contributed by atoms with Gasteiger partial charge in [0.2, 0.25) is 0 Å². The molecule has 0 saturated carbocycles. The van der Waals surface area contributed by atoms with E-state index in [1.54, 1.807) is 13.0 Å². The molecule has 0 saturated heterocycles. The summed E-state index contributed by atoms with van der Waals surface area (Å²) in [6.45, 7) is 2.01. The molecule has 0 spiro atoms. The van der Waals surface area contributed by atoms with Crippen molar-refractivity contribution in [2.75, 3.05) is 20.3 Å². The van der Waals surface area contributed by atoms with Crippen molar-refractivity contribution in [3.8, 4) is 0 Å². The van der Waals surface area contributed by atoms with Crippen molar-refractivity contribution in [2.24, 2.45) is 10.9 Å². The van der Waals surface area contributed by atoms with Crippen LogP contribution in [0.2, 0.25) is 5.02 Å². The van der Waals surface area contributed by atoms with Crippen molar-refractivity contribution < 1.29 is 24.0 Å². The zero-order valence-electron chi connectivity index (χ0n) is 16.1. The van der Waals surface area contributed by atoms with Crippen molar-refractivity contribution in [3.05, 3.63) is 50.2 Å². The van der Waals surface area contributed by atoms with E-state index in [4.69, 9.17) is 21.1 Å². The van der Waals surface area contributed by atoms with Gasteiger partial charge in [-0.2, -0.15) is 0 Å². The monoisotopic (exact) mass is 420 g/mol. The van der Waals surface area contributed by atoms with Gasteiger partial charge >= 0.3 is 5.97 Å². The van der Waals surface area contributed by atoms with E-state index in [-0.39, 0.29) is 29.7 Å². The molecule has 1 aliphatic carbocycles. The van der Waals surface area contributed by atoms with Gasteiger partial charge in [-0.1, -0.05) is 17.7 Å². The standard InChI is InChI=1S/C20H21ClN2O6/c1-11-17(20(25)29-9-8-28-2)18(19-14(22-11)4-3-5-16(19)24)12-6-7-13(21)15(10-12)23(26)27/h6-7,10,17-18H,3-5,8-9H2,1-2H3/t17?,18-/m1/s1. The number of nitro groups is 1. The number of carbonyl (C=O) groups is 2. The van der Waals surface area contributed by atoms with E-state index in [1.807, 2.05) is 0 Å². The molecule has 1 aliphatic heterocycles. The summed E-state index contributed by atoms with van der Waals surface area (Å²) in [6, 6.07) is 4.35. The highest BCUT2D eigenvalue weighted by atomic mass is 35.5. The zero-order valence-corrected chi connectivity index (χ0v) is 16.9. The number of hydrogen-bond acceptors (Lipinski definition) is 7. The SMILES string of the molecule is COCCOC(=O)C1C(C)=NC2=C(C(=O)CCC2)[C@@H]1c1ccc(Cl)c([N+](=O)[O-])c1. The van der Waals surface area contributed by atoms with E-state index in [1.165, 1.54) is 19.2 Å². The lowest BCUT2D eigenvalue weighted by molar-refractivity contribution is -0.384. The van der Waals surface area contributed by atoms with Crippen molar-refractivity contribution in [1.82, 2.24) is 0 Å². The number of allylic oxidation sites excluding steroid dienone is 2. The number of ether oxygens (including phenoxy) is 2. The summed E-state index contributed by atoms with van der Waals surface area (Å²) >= 11 is 5.96. The van der Waals surface area contributed by atoms with Crippen LogP contribution in [0.4, 0.5) is 5.69 Å². The Morgan fingerprint density at radius 1 is 1.34 bits per heavy atom. The molecule has 1 unspecified atom stereocenters. The summed E-state index contributed by atoms with van der Waals surface area (Å²) in [5.74, 6) is -2.20. The van der Waals surface area contributed by atoms with E-state index in [2.05, 4.69) is 4.99 Å². The van der Waals surface area contributed by atoms with Crippen LogP contribution in [0.25, 0.3) is 0 Å². The fourth-order valence-electron chi connectivity index (χ4n) is 3.85. The van der Waals surface area contributed by atoms with Crippen molar-refractivity contribution in [1.29, 1.82) is 0 Å². The Kier molecular flexibility index (Phi) is 6.44. The number of rotatable bonds is 6. The molecule has 0 radical (unpaired) electrons. The van der Waals surface area contributed by atoms with Crippen LogP contribution in [0.5, 0.6) is 0 Å². The third-order valence-corrected chi connectivity index (χ3v) is 5.47. The molecule has 0 fully saturated rings. The van der Waals surface area contributed by atoms with E-state index in [0.29, 0.717) is 41.8 Å². The Hall–Kier alpha value is -2.58. The van der Waals surface area contributed by atoms with Crippen LogP contribution in [-0.2, 0) is 19.1 Å². The molecule has 2 aliphatic rings. The predicted octanol–water partition coefficient (Wildman–Crippen LogP) is 3.62. The summed E-state index contributed by atoms with van der Waals surface area (Å²) in [4.78, 5) is 41.0. The molecule has 8 nitrogen and oxygen atoms in total. The summed E-state index contributed by atoms with van der Waals surface area (Å²) < 4.78 is 10.2. The molecular weight excluding hydrogens is 400 g/mol. The molecule has 0 N–H and O–H groups in total. The van der Waals surface area contributed by atoms with Crippen LogP contribution in [0.1, 0.15) is 37.7 Å². The molecule has 0 bridgehead atoms. The van der Waals surface area contributed by atoms with Gasteiger partial charge in [0, 0.05) is 42.5 Å². The number of nitrogens with zero attached hydrogens (tertiary/aromatic N) is 2. The third-order valence-electron chi connectivity index (χ3n) is 5.15. The van der Waals surface area contributed by atoms with Crippen LogP contribution in [0, 0.1) is 16.0 Å². The number of aliphatic imine (C=N–C) groups is 1. The van der Waals surface area contributed by atoms with Crippen LogP contribution in [0.3, 0.4) is 0 Å². The average Bonchev–Trinajstić information content (AvgIpc) is 2.67. The first-order valence-corrected chi connectivity index (χ1v) is 9.63. The van der Waals surface area contributed by atoms with Crippen molar-refractivity contribution in [3.63, 3.8) is 0 Å². The van der Waals surface area contributed by atoms with Gasteiger partial charge in [-0.05, 0) is 31.4 Å². The van der Waals surface area contributed by atoms with Crippen LogP contribution in [0.15, 0.2) is 34.5 Å². The van der Waals surface area contributed by atoms with Gasteiger partial charge in [0.05, 0.1) is 11.5 Å². The highest BCUT2D eigenvalue weighted by Gasteiger charge is 2.43. The highest BCUT2D eigenvalue weighted by Crippen LogP contribution is 2.44. The fourth-order valence-corrected chi connectivity index (χ4v) is 4.04. The van der Waals surface area contributed by atoms with Gasteiger partial charge in [0.1, 0.15) is 17.5 Å². The lowest BCUT2D eigenvalue weighted by atomic mass is 9.71. The largest absolute Gasteiger partial charge is 0.463 e. The second-order valence-electron chi connectivity index (χ2n) is 6.97. The van der Waals surface area contributed by atoms with Gasteiger partial charge in [0.25, 0.3) is 5.69 Å². The number of methoxy groups -OCH3 is 1. The molecule has 3 rings (SSSR count). The molecule has 1 aromatic rings. The molecule has 2 atom stereocenters. The maximum Gasteiger partial charge on any atom is 0.315 e. The van der Waals surface area contributed by atoms with Gasteiger partial charge < -0.3 is 9.47 Å². The zero-order chi connectivity index (χ0) is 21.1. The lowest BCUT2D eigenvalue weighted by Gasteiger charge is -2.34. The Bertz CT molecular complexity index is 924. The van der Waals surface area contributed by atoms with E-state index >= 15 is 0 Å². The number of halogens is 1. The molecule has 1 aromatic carbocycles. The quantitative estimate of drug-likeness (QED) is 0.301. The topological polar surface area (TPSA) is 108 Å². The average molecular weight is 421 g/mol. The van der Waals surface area contributed by atoms with Gasteiger partial charge in [-0.15, -0.1) is 0 Å². The molecule has 1 heterocycles. The summed E-state index contributed by atoms with van der Waals surface area (Å²) in [7, 11) is 1.49. The summed E-state index contributed by atoms with van der Waals surface area (Å²) in [5.41, 5.74) is 1.78. The Morgan fingerprint density at radius 3 is 2.79 bits per heavy atom. The summed E-state index contributed by atoms with van der Waals surface area (Å²) in [6.07, 6.45) is 1.66. The number of nitro benzene ring substituents is 1. The number of hydrogen-bond donors (Lipinski definition) is 0. The second kappa shape index (κ2) is 8.84. The van der Waals surface area contributed by atoms with Crippen molar-refractivity contribution >= 4 is 34.8 Å². The normalized spacial score (nSPS) is 21.5. The molecule has 29 heavy (non-hydrogen) atoms. The first-order valence-electron chi connectivity index (χ1n) is 9.26. The number of ketones is 1. The maximum absolute atomic E-state index is 12.9. The van der Waals surface area contributed by atoms with E-state index in [9.17, 15) is 19.7 Å². The van der Waals surface area contributed by atoms with E-state index < -0.39 is 22.7 Å². The van der Waals surface area contributed by atoms with Crippen LogP contribution in [-0.4, -0.2) is 42.7 Å². The fraction of sp³-hybridized carbons (Fsp3) is 0.450. The lowest BCUT2D eigenvalue weighted by Crippen LogP contribution is -2.37. The Balaban J connectivity index is 2.11. The minimum atomic E-state index is -0.853. The number of benzene rings is 1. The van der Waals surface area contributed by atoms with Gasteiger partial charge in [0.15, 0.2) is 5.78 Å². The van der Waals surface area contributed by atoms with Gasteiger partial charge in [-0.25, -0.2) is 0 Å². The predicted molar refractivity (Wildman–Crippen MR) is 106 cm³/mol. The highest BCUT2D eigenvalue weighted by molar-refractivity contribution is 6.32. The van der Waals surface area contributed by atoms with Crippen LogP contribution < -0.4 is 0 Å². The molecule has 0 aromatic heterocycles. The Labute approximate surface area is 172 Å². The molecule has 9 heteroatoms. The maximum atomic E-state index is 12.9. The minimum Gasteiger partial charge on any atom is -0.463 e. The van der Waals surface area contributed by atoms with Crippen LogP contribution >= 0.6 is 11.6 Å². The first-order chi connectivity index (χ1) is 13.8. The first kappa shape index (κ1) is 21.1. The second-order valence-corrected chi connectivity index (χ2v) is 7.38. The number of carbonyl (C=O) groups excluding carboxylic acids is 2. The molecule has 0 amide bonds. The number of Topliss-reactive ketones (excluding diaryl/α,β-unsaturated/α-hetero) is 1. The summed E-state index contributed by atoms with van der Waals surface area (Å²) in [5, 5.41) is 11.4. The van der Waals surface area contributed by atoms with Crippen molar-refractivity contribution in [2.45, 2.75) is 32.1 Å². The third kappa shape index (κ3) is 4.23. The minimum absolute atomic E-state index is 0.0108. The Morgan fingerprint density at radius 2 is 2.10 bits per heavy atom.